The van der Waals surface area contributed by atoms with E-state index in [2.05, 4.69) is 10.1 Å². The Hall–Kier alpha value is -0.640. The summed E-state index contributed by atoms with van der Waals surface area (Å²) in [7, 11) is 1.35. The second kappa shape index (κ2) is 4.40. The first kappa shape index (κ1) is 9.45. The number of rotatable bonds is 2. The van der Waals surface area contributed by atoms with Crippen molar-refractivity contribution >= 4 is 5.97 Å². The van der Waals surface area contributed by atoms with Crippen molar-refractivity contribution < 1.29 is 13.9 Å². The molecule has 0 aromatic heterocycles. The molecule has 1 rings (SSSR count). The third-order valence-corrected chi connectivity index (χ3v) is 2.07. The largest absolute Gasteiger partial charge is 0.469 e. The van der Waals surface area contributed by atoms with Crippen LogP contribution in [0.1, 0.15) is 12.8 Å². The number of hydrogen-bond donors (Lipinski definition) is 1. The van der Waals surface area contributed by atoms with Crippen molar-refractivity contribution in [1.82, 2.24) is 5.32 Å². The molecule has 1 saturated heterocycles. The Balaban J connectivity index is 2.27. The number of nitrogens with one attached hydrogen (secondary N) is 1. The van der Waals surface area contributed by atoms with Crippen LogP contribution in [0.4, 0.5) is 4.39 Å². The van der Waals surface area contributed by atoms with Crippen LogP contribution in [-0.2, 0) is 9.53 Å². The number of piperidine rings is 1. The molecule has 0 spiro atoms. The first-order valence-electron chi connectivity index (χ1n) is 4.14. The van der Waals surface area contributed by atoms with E-state index in [1.165, 1.54) is 7.11 Å². The van der Waals surface area contributed by atoms with E-state index in [4.69, 9.17) is 0 Å². The van der Waals surface area contributed by atoms with E-state index in [1.54, 1.807) is 0 Å². The van der Waals surface area contributed by atoms with Gasteiger partial charge in [0.2, 0.25) is 0 Å². The second-order valence-corrected chi connectivity index (χ2v) is 3.14. The Morgan fingerprint density at radius 2 is 2.42 bits per heavy atom. The number of carbonyl (C=O) groups excluding carboxylic acids is 1. The van der Waals surface area contributed by atoms with Crippen molar-refractivity contribution in [1.29, 1.82) is 0 Å². The van der Waals surface area contributed by atoms with Crippen LogP contribution < -0.4 is 5.32 Å². The molecule has 1 fully saturated rings. The lowest BCUT2D eigenvalue weighted by Crippen LogP contribution is -2.38. The zero-order valence-electron chi connectivity index (χ0n) is 7.18. The first-order chi connectivity index (χ1) is 5.72. The van der Waals surface area contributed by atoms with Gasteiger partial charge in [-0.2, -0.15) is 0 Å². The lowest BCUT2D eigenvalue weighted by Gasteiger charge is -2.24. The van der Waals surface area contributed by atoms with Gasteiger partial charge >= 0.3 is 5.97 Å². The molecule has 3 nitrogen and oxygen atoms in total. The summed E-state index contributed by atoms with van der Waals surface area (Å²) >= 11 is 0. The van der Waals surface area contributed by atoms with E-state index in [0.29, 0.717) is 19.4 Å². The average Bonchev–Trinajstić information content (AvgIpc) is 2.04. The Kier molecular flexibility index (Phi) is 3.47. The van der Waals surface area contributed by atoms with Crippen LogP contribution >= 0.6 is 0 Å². The summed E-state index contributed by atoms with van der Waals surface area (Å²) in [5.41, 5.74) is 0. The number of esters is 1. The van der Waals surface area contributed by atoms with Gasteiger partial charge in [-0.1, -0.05) is 0 Å². The van der Waals surface area contributed by atoms with Gasteiger partial charge in [0, 0.05) is 13.0 Å². The molecule has 70 valence electrons. The molecule has 2 atom stereocenters. The predicted molar refractivity (Wildman–Crippen MR) is 42.5 cm³/mol. The maximum absolute atomic E-state index is 12.8. The Bertz CT molecular complexity index is 163. The maximum atomic E-state index is 12.8. The third kappa shape index (κ3) is 2.77. The SMILES string of the molecule is COC(=O)C[C@H]1CNC[C@H](F)C1. The van der Waals surface area contributed by atoms with Crippen LogP contribution in [0.15, 0.2) is 0 Å². The van der Waals surface area contributed by atoms with Crippen LogP contribution in [0, 0.1) is 5.92 Å². The van der Waals surface area contributed by atoms with Crippen LogP contribution in [-0.4, -0.2) is 32.3 Å². The fourth-order valence-electron chi connectivity index (χ4n) is 1.45. The van der Waals surface area contributed by atoms with Crippen molar-refractivity contribution in [3.8, 4) is 0 Å². The maximum Gasteiger partial charge on any atom is 0.305 e. The summed E-state index contributed by atoms with van der Waals surface area (Å²) in [5.74, 6) is -0.155. The quantitative estimate of drug-likeness (QED) is 0.621. The summed E-state index contributed by atoms with van der Waals surface area (Å²) in [4.78, 5) is 10.8. The van der Waals surface area contributed by atoms with Crippen LogP contribution in [0.2, 0.25) is 0 Å². The number of hydrogen-bond acceptors (Lipinski definition) is 3. The molecule has 0 aliphatic carbocycles. The highest BCUT2D eigenvalue weighted by Gasteiger charge is 2.23. The third-order valence-electron chi connectivity index (χ3n) is 2.07. The van der Waals surface area contributed by atoms with Crippen molar-refractivity contribution in [3.05, 3.63) is 0 Å². The molecule has 1 aliphatic rings. The highest BCUT2D eigenvalue weighted by molar-refractivity contribution is 5.69. The van der Waals surface area contributed by atoms with Gasteiger partial charge in [0.15, 0.2) is 0 Å². The van der Waals surface area contributed by atoms with E-state index >= 15 is 0 Å². The van der Waals surface area contributed by atoms with Gasteiger partial charge in [-0.05, 0) is 18.9 Å². The zero-order chi connectivity index (χ0) is 8.97. The van der Waals surface area contributed by atoms with Crippen molar-refractivity contribution in [2.75, 3.05) is 20.2 Å². The molecule has 4 heteroatoms. The fraction of sp³-hybridized carbons (Fsp3) is 0.875. The van der Waals surface area contributed by atoms with Gasteiger partial charge in [-0.15, -0.1) is 0 Å². The Labute approximate surface area is 71.3 Å². The minimum absolute atomic E-state index is 0.0983. The van der Waals surface area contributed by atoms with E-state index in [1.807, 2.05) is 0 Å². The molecule has 1 heterocycles. The van der Waals surface area contributed by atoms with Gasteiger partial charge in [0.1, 0.15) is 6.17 Å². The summed E-state index contributed by atoms with van der Waals surface area (Å²) in [6.07, 6.45) is -0.0140. The zero-order valence-corrected chi connectivity index (χ0v) is 7.18. The molecule has 1 aliphatic heterocycles. The molecule has 0 radical (unpaired) electrons. The van der Waals surface area contributed by atoms with Crippen molar-refractivity contribution in [2.45, 2.75) is 19.0 Å². The van der Waals surface area contributed by atoms with Gasteiger partial charge in [-0.3, -0.25) is 4.79 Å². The summed E-state index contributed by atoms with van der Waals surface area (Å²) in [6, 6.07) is 0. The molecule has 0 amide bonds. The molecule has 1 N–H and O–H groups in total. The van der Waals surface area contributed by atoms with Crippen molar-refractivity contribution in [2.24, 2.45) is 5.92 Å². The highest BCUT2D eigenvalue weighted by atomic mass is 19.1. The van der Waals surface area contributed by atoms with Crippen molar-refractivity contribution in [3.63, 3.8) is 0 Å². The van der Waals surface area contributed by atoms with Gasteiger partial charge in [0.25, 0.3) is 0 Å². The van der Waals surface area contributed by atoms with E-state index in [0.717, 1.165) is 6.54 Å². The molecule has 0 aromatic rings. The lowest BCUT2D eigenvalue weighted by molar-refractivity contribution is -0.142. The predicted octanol–water partition coefficient (Wildman–Crippen LogP) is 0.497. The van der Waals surface area contributed by atoms with E-state index < -0.39 is 6.17 Å². The molecule has 0 bridgehead atoms. The van der Waals surface area contributed by atoms with Gasteiger partial charge in [-0.25, -0.2) is 4.39 Å². The topological polar surface area (TPSA) is 38.3 Å². The number of methoxy groups -OCH3 is 1. The van der Waals surface area contributed by atoms with E-state index in [9.17, 15) is 9.18 Å². The minimum atomic E-state index is -0.812. The molecule has 12 heavy (non-hydrogen) atoms. The van der Waals surface area contributed by atoms with E-state index in [-0.39, 0.29) is 11.9 Å². The Morgan fingerprint density at radius 1 is 1.67 bits per heavy atom. The summed E-state index contributed by atoms with van der Waals surface area (Å²) in [6.45, 7) is 1.13. The molecular formula is C8H14FNO2. The monoisotopic (exact) mass is 175 g/mol. The number of halogens is 1. The van der Waals surface area contributed by atoms with Gasteiger partial charge in [0.05, 0.1) is 7.11 Å². The number of alkyl halides is 1. The number of ether oxygens (including phenoxy) is 1. The highest BCUT2D eigenvalue weighted by Crippen LogP contribution is 2.16. The average molecular weight is 175 g/mol. The van der Waals surface area contributed by atoms with Crippen LogP contribution in [0.3, 0.4) is 0 Å². The molecule has 0 saturated carbocycles. The summed E-state index contributed by atoms with van der Waals surface area (Å²) < 4.78 is 17.3. The lowest BCUT2D eigenvalue weighted by atomic mass is 9.95. The van der Waals surface area contributed by atoms with Crippen LogP contribution in [0.5, 0.6) is 0 Å². The summed E-state index contributed by atoms with van der Waals surface area (Å²) in [5, 5.41) is 2.93. The molecule has 0 aromatic carbocycles. The molecule has 0 unspecified atom stereocenters. The second-order valence-electron chi connectivity index (χ2n) is 3.14. The Morgan fingerprint density at radius 3 is 3.00 bits per heavy atom. The first-order valence-corrected chi connectivity index (χ1v) is 4.14. The smallest absolute Gasteiger partial charge is 0.305 e. The van der Waals surface area contributed by atoms with Crippen LogP contribution in [0.25, 0.3) is 0 Å². The number of carbonyl (C=O) groups is 1. The van der Waals surface area contributed by atoms with Gasteiger partial charge < -0.3 is 10.1 Å². The normalized spacial score (nSPS) is 29.8. The minimum Gasteiger partial charge on any atom is -0.469 e. The fourth-order valence-corrected chi connectivity index (χ4v) is 1.45. The molecular weight excluding hydrogens is 161 g/mol. The standard InChI is InChI=1S/C8H14FNO2/c1-12-8(11)3-6-2-7(9)5-10-4-6/h6-7,10H,2-5H2,1H3/t6-,7+/m0/s1.